The van der Waals surface area contributed by atoms with Crippen molar-refractivity contribution >= 4 is 29.1 Å². The van der Waals surface area contributed by atoms with E-state index in [0.29, 0.717) is 5.69 Å². The van der Waals surface area contributed by atoms with Gasteiger partial charge in [0.15, 0.2) is 0 Å². The lowest BCUT2D eigenvalue weighted by atomic mass is 10.2. The summed E-state index contributed by atoms with van der Waals surface area (Å²) in [7, 11) is 0. The van der Waals surface area contributed by atoms with Gasteiger partial charge < -0.3 is 5.73 Å². The highest BCUT2D eigenvalue weighted by atomic mass is 35.5. The van der Waals surface area contributed by atoms with Crippen LogP contribution >= 0.6 is 11.6 Å². The number of nitrogen functional groups attached to an aromatic ring is 1. The van der Waals surface area contributed by atoms with Crippen LogP contribution in [0.2, 0.25) is 5.15 Å². The van der Waals surface area contributed by atoms with Crippen LogP contribution in [0.5, 0.6) is 0 Å². The van der Waals surface area contributed by atoms with Crippen molar-refractivity contribution in [3.8, 4) is 0 Å². The summed E-state index contributed by atoms with van der Waals surface area (Å²) >= 11 is 5.75. The van der Waals surface area contributed by atoms with E-state index in [9.17, 15) is 9.18 Å². The van der Waals surface area contributed by atoms with Crippen LogP contribution in [0, 0.1) is 12.7 Å². The zero-order valence-corrected chi connectivity index (χ0v) is 10.7. The van der Waals surface area contributed by atoms with Crippen molar-refractivity contribution in [1.29, 1.82) is 0 Å². The lowest BCUT2D eigenvalue weighted by molar-refractivity contribution is 0.102. The van der Waals surface area contributed by atoms with Crippen molar-refractivity contribution in [2.75, 3.05) is 11.1 Å². The molecule has 0 atom stereocenters. The monoisotopic (exact) mass is 280 g/mol. The molecule has 0 spiro atoms. The van der Waals surface area contributed by atoms with Gasteiger partial charge in [-0.25, -0.2) is 14.4 Å². The number of anilines is 2. The molecule has 1 amide bonds. The van der Waals surface area contributed by atoms with E-state index >= 15 is 0 Å². The number of nitrogens with two attached hydrogens (primary N) is 1. The normalized spacial score (nSPS) is 10.3. The van der Waals surface area contributed by atoms with Crippen molar-refractivity contribution in [3.63, 3.8) is 0 Å². The molecule has 0 unspecified atom stereocenters. The summed E-state index contributed by atoms with van der Waals surface area (Å²) < 4.78 is 13.1. The Balaban J connectivity index is 2.25. The fourth-order valence-corrected chi connectivity index (χ4v) is 1.74. The van der Waals surface area contributed by atoms with Gasteiger partial charge in [0.05, 0.1) is 0 Å². The molecule has 7 heteroatoms. The van der Waals surface area contributed by atoms with Gasteiger partial charge >= 0.3 is 0 Å². The van der Waals surface area contributed by atoms with Crippen molar-refractivity contribution < 1.29 is 9.18 Å². The first kappa shape index (κ1) is 13.2. The Hall–Kier alpha value is -2.21. The molecule has 3 N–H and O–H groups in total. The maximum absolute atomic E-state index is 13.1. The number of halogens is 2. The minimum absolute atomic E-state index is 0.0535. The molecule has 0 bridgehead atoms. The largest absolute Gasteiger partial charge is 0.399 e. The van der Waals surface area contributed by atoms with E-state index in [2.05, 4.69) is 15.3 Å². The SMILES string of the molecule is Cc1cc(Cl)nc(NC(=O)c2cc(N)cc(F)c2)n1. The number of hydrogen-bond donors (Lipinski definition) is 2. The van der Waals surface area contributed by atoms with Crippen molar-refractivity contribution in [3.05, 3.63) is 46.5 Å². The van der Waals surface area contributed by atoms with Crippen molar-refractivity contribution in [2.45, 2.75) is 6.92 Å². The molecule has 98 valence electrons. The van der Waals surface area contributed by atoms with Gasteiger partial charge in [-0.05, 0) is 31.2 Å². The highest BCUT2D eigenvalue weighted by Gasteiger charge is 2.10. The molecule has 1 heterocycles. The van der Waals surface area contributed by atoms with Crippen molar-refractivity contribution in [2.24, 2.45) is 0 Å². The Bertz CT molecular complexity index is 607. The predicted molar refractivity (Wildman–Crippen MR) is 70.5 cm³/mol. The molecule has 0 radical (unpaired) electrons. The van der Waals surface area contributed by atoms with Gasteiger partial charge in [-0.1, -0.05) is 11.6 Å². The van der Waals surface area contributed by atoms with Gasteiger partial charge in [0.1, 0.15) is 11.0 Å². The second-order valence-corrected chi connectivity index (χ2v) is 4.27. The lowest BCUT2D eigenvalue weighted by Crippen LogP contribution is -2.15. The standard InChI is InChI=1S/C12H10ClFN4O/c1-6-2-10(13)17-12(16-6)18-11(19)7-3-8(14)5-9(15)4-7/h2-5H,15H2,1H3,(H,16,17,18,19). The smallest absolute Gasteiger partial charge is 0.258 e. The highest BCUT2D eigenvalue weighted by molar-refractivity contribution is 6.29. The molecule has 2 aromatic rings. The molecule has 0 fully saturated rings. The fourth-order valence-electron chi connectivity index (χ4n) is 1.50. The number of aromatic nitrogens is 2. The number of hydrogen-bond acceptors (Lipinski definition) is 4. The van der Waals surface area contributed by atoms with Crippen LogP contribution in [0.15, 0.2) is 24.3 Å². The van der Waals surface area contributed by atoms with Gasteiger partial charge in [-0.3, -0.25) is 10.1 Å². The zero-order chi connectivity index (χ0) is 14.0. The maximum atomic E-state index is 13.1. The Labute approximate surface area is 113 Å². The number of nitrogens with zero attached hydrogens (tertiary/aromatic N) is 2. The van der Waals surface area contributed by atoms with Crippen LogP contribution in [0.3, 0.4) is 0 Å². The van der Waals surface area contributed by atoms with Gasteiger partial charge in [0.25, 0.3) is 5.91 Å². The first-order valence-electron chi connectivity index (χ1n) is 5.32. The number of aryl methyl sites for hydroxylation is 1. The van der Waals surface area contributed by atoms with E-state index in [0.717, 1.165) is 12.1 Å². The van der Waals surface area contributed by atoms with E-state index in [-0.39, 0.29) is 22.4 Å². The second kappa shape index (κ2) is 5.19. The number of amides is 1. The molecular weight excluding hydrogens is 271 g/mol. The number of nitrogens with one attached hydrogen (secondary N) is 1. The van der Waals surface area contributed by atoms with Crippen LogP contribution in [0.4, 0.5) is 16.0 Å². The van der Waals surface area contributed by atoms with Gasteiger partial charge in [-0.2, -0.15) is 0 Å². The van der Waals surface area contributed by atoms with Gasteiger partial charge in [0, 0.05) is 16.9 Å². The van der Waals surface area contributed by atoms with Gasteiger partial charge in [-0.15, -0.1) is 0 Å². The summed E-state index contributed by atoms with van der Waals surface area (Å²) in [5.74, 6) is -1.10. The first-order valence-corrected chi connectivity index (χ1v) is 5.70. The average Bonchev–Trinajstić information content (AvgIpc) is 2.25. The molecular formula is C12H10ClFN4O. The molecule has 0 aliphatic heterocycles. The molecule has 0 aliphatic rings. The van der Waals surface area contributed by atoms with E-state index in [4.69, 9.17) is 17.3 Å². The molecule has 1 aromatic carbocycles. The topological polar surface area (TPSA) is 80.9 Å². The van der Waals surface area contributed by atoms with Crippen LogP contribution in [0.1, 0.15) is 16.1 Å². The molecule has 0 aliphatic carbocycles. The quantitative estimate of drug-likeness (QED) is 0.654. The summed E-state index contributed by atoms with van der Waals surface area (Å²) in [6.07, 6.45) is 0. The molecule has 2 rings (SSSR count). The summed E-state index contributed by atoms with van der Waals surface area (Å²) in [6, 6.07) is 5.10. The minimum atomic E-state index is -0.589. The number of carbonyl (C=O) groups excluding carboxylic acids is 1. The predicted octanol–water partition coefficient (Wildman–Crippen LogP) is 2.41. The third kappa shape index (κ3) is 3.38. The van der Waals surface area contributed by atoms with E-state index < -0.39 is 11.7 Å². The van der Waals surface area contributed by atoms with Gasteiger partial charge in [0.2, 0.25) is 5.95 Å². The molecule has 5 nitrogen and oxygen atoms in total. The lowest BCUT2D eigenvalue weighted by Gasteiger charge is -2.06. The van der Waals surface area contributed by atoms with Crippen LogP contribution in [-0.4, -0.2) is 15.9 Å². The minimum Gasteiger partial charge on any atom is -0.399 e. The Morgan fingerprint density at radius 3 is 2.68 bits per heavy atom. The first-order chi connectivity index (χ1) is 8.94. The van der Waals surface area contributed by atoms with E-state index in [1.165, 1.54) is 6.07 Å². The third-order valence-electron chi connectivity index (χ3n) is 2.23. The third-order valence-corrected chi connectivity index (χ3v) is 2.42. The number of carbonyl (C=O) groups is 1. The highest BCUT2D eigenvalue weighted by Crippen LogP contribution is 2.14. The van der Waals surface area contributed by atoms with Crippen LogP contribution < -0.4 is 11.1 Å². The fraction of sp³-hybridized carbons (Fsp3) is 0.0833. The zero-order valence-electron chi connectivity index (χ0n) is 9.95. The maximum Gasteiger partial charge on any atom is 0.258 e. The summed E-state index contributed by atoms with van der Waals surface area (Å²) in [4.78, 5) is 19.7. The Morgan fingerprint density at radius 1 is 1.32 bits per heavy atom. The summed E-state index contributed by atoms with van der Waals surface area (Å²) in [5.41, 5.74) is 6.31. The average molecular weight is 281 g/mol. The number of benzene rings is 1. The molecule has 0 saturated heterocycles. The van der Waals surface area contributed by atoms with E-state index in [1.54, 1.807) is 13.0 Å². The Kier molecular flexibility index (Phi) is 3.62. The Morgan fingerprint density at radius 2 is 2.05 bits per heavy atom. The summed E-state index contributed by atoms with van der Waals surface area (Å²) in [5, 5.41) is 2.64. The van der Waals surface area contributed by atoms with E-state index in [1.807, 2.05) is 0 Å². The van der Waals surface area contributed by atoms with Crippen LogP contribution in [-0.2, 0) is 0 Å². The van der Waals surface area contributed by atoms with Crippen molar-refractivity contribution in [1.82, 2.24) is 9.97 Å². The summed E-state index contributed by atoms with van der Waals surface area (Å²) in [6.45, 7) is 1.71. The molecule has 1 aromatic heterocycles. The second-order valence-electron chi connectivity index (χ2n) is 3.88. The van der Waals surface area contributed by atoms with Crippen LogP contribution in [0.25, 0.3) is 0 Å². The molecule has 19 heavy (non-hydrogen) atoms. The molecule has 0 saturated carbocycles. The number of rotatable bonds is 2.